The maximum atomic E-state index is 10.1. The molecule has 0 aliphatic rings. The summed E-state index contributed by atoms with van der Waals surface area (Å²) in [4.78, 5) is 5.01. The summed E-state index contributed by atoms with van der Waals surface area (Å²) in [5.74, 6) is 1.52. The third-order valence-electron chi connectivity index (χ3n) is 3.81. The number of aromatic nitrogens is 1. The lowest BCUT2D eigenvalue weighted by Crippen LogP contribution is -2.11. The molecular weight excluding hydrogens is 350 g/mol. The van der Waals surface area contributed by atoms with Gasteiger partial charge in [-0.05, 0) is 30.3 Å². The number of para-hydroxylation sites is 1. The fourth-order valence-electron chi connectivity index (χ4n) is 2.49. The van der Waals surface area contributed by atoms with Gasteiger partial charge in [0, 0.05) is 23.6 Å². The highest BCUT2D eigenvalue weighted by Gasteiger charge is 2.12. The molecule has 0 aliphatic carbocycles. The predicted molar refractivity (Wildman–Crippen MR) is 103 cm³/mol. The number of hydrogen-bond donors (Lipinski definition) is 1. The quantitative estimate of drug-likeness (QED) is 0.701. The van der Waals surface area contributed by atoms with E-state index < -0.39 is 0 Å². The van der Waals surface area contributed by atoms with Gasteiger partial charge in [0.25, 0.3) is 0 Å². The highest BCUT2D eigenvalue weighted by Crippen LogP contribution is 2.30. The highest BCUT2D eigenvalue weighted by molar-refractivity contribution is 7.07. The SMILES string of the molecule is CN=c1scc(-c2ccccc2OC)n1N=Cc1cc(OC)ccc1O. The van der Waals surface area contributed by atoms with Gasteiger partial charge in [-0.25, -0.2) is 4.68 Å². The molecule has 134 valence electrons. The number of rotatable bonds is 5. The molecule has 0 spiro atoms. The zero-order valence-electron chi connectivity index (χ0n) is 14.7. The monoisotopic (exact) mass is 369 g/mol. The van der Waals surface area contributed by atoms with Crippen LogP contribution in [-0.4, -0.2) is 37.3 Å². The molecule has 0 amide bonds. The van der Waals surface area contributed by atoms with Crippen molar-refractivity contribution in [2.75, 3.05) is 21.3 Å². The largest absolute Gasteiger partial charge is 0.507 e. The standard InChI is InChI=1S/C19H19N3O3S/c1-20-19-22(21-11-13-10-14(24-2)8-9-17(13)23)16(12-26-19)15-6-4-5-7-18(15)25-3/h4-12,23H,1-3H3. The molecule has 6 nitrogen and oxygen atoms in total. The lowest BCUT2D eigenvalue weighted by Gasteiger charge is -2.09. The van der Waals surface area contributed by atoms with Gasteiger partial charge in [-0.2, -0.15) is 5.10 Å². The van der Waals surface area contributed by atoms with Crippen LogP contribution in [0, 0.1) is 0 Å². The summed E-state index contributed by atoms with van der Waals surface area (Å²) in [5, 5.41) is 16.6. The van der Waals surface area contributed by atoms with Crippen molar-refractivity contribution in [3.05, 3.63) is 58.2 Å². The zero-order chi connectivity index (χ0) is 18.5. The molecule has 7 heteroatoms. The van der Waals surface area contributed by atoms with Crippen LogP contribution in [0.2, 0.25) is 0 Å². The van der Waals surface area contributed by atoms with Gasteiger partial charge in [0.1, 0.15) is 17.2 Å². The van der Waals surface area contributed by atoms with Crippen LogP contribution in [0.4, 0.5) is 0 Å². The Balaban J connectivity index is 2.10. The molecular formula is C19H19N3O3S. The van der Waals surface area contributed by atoms with Crippen molar-refractivity contribution >= 4 is 17.6 Å². The number of ether oxygens (including phenoxy) is 2. The minimum atomic E-state index is 0.124. The molecule has 26 heavy (non-hydrogen) atoms. The topological polar surface area (TPSA) is 68.3 Å². The van der Waals surface area contributed by atoms with E-state index in [0.717, 1.165) is 21.8 Å². The van der Waals surface area contributed by atoms with Gasteiger partial charge in [0.05, 0.1) is 26.1 Å². The summed E-state index contributed by atoms with van der Waals surface area (Å²) in [5.41, 5.74) is 2.32. The van der Waals surface area contributed by atoms with Crippen LogP contribution in [0.15, 0.2) is 57.9 Å². The van der Waals surface area contributed by atoms with Crippen LogP contribution in [0.25, 0.3) is 11.3 Å². The second kappa shape index (κ2) is 7.88. The fourth-order valence-corrected chi connectivity index (χ4v) is 3.28. The minimum Gasteiger partial charge on any atom is -0.507 e. The van der Waals surface area contributed by atoms with Gasteiger partial charge in [0.15, 0.2) is 0 Å². The molecule has 0 radical (unpaired) electrons. The van der Waals surface area contributed by atoms with E-state index in [4.69, 9.17) is 9.47 Å². The summed E-state index contributed by atoms with van der Waals surface area (Å²) in [7, 11) is 4.93. The first-order chi connectivity index (χ1) is 12.7. The molecule has 2 aromatic carbocycles. The predicted octanol–water partition coefficient (Wildman–Crippen LogP) is 3.35. The molecule has 0 bridgehead atoms. The molecule has 3 aromatic rings. The summed E-state index contributed by atoms with van der Waals surface area (Å²) in [6.45, 7) is 0. The Bertz CT molecular complexity index is 1010. The summed E-state index contributed by atoms with van der Waals surface area (Å²) in [6, 6.07) is 12.7. The van der Waals surface area contributed by atoms with E-state index in [1.54, 1.807) is 50.4 Å². The lowest BCUT2D eigenvalue weighted by molar-refractivity contribution is 0.412. The van der Waals surface area contributed by atoms with Gasteiger partial charge in [0.2, 0.25) is 4.80 Å². The maximum Gasteiger partial charge on any atom is 0.205 e. The van der Waals surface area contributed by atoms with Gasteiger partial charge in [-0.1, -0.05) is 12.1 Å². The molecule has 0 atom stereocenters. The molecule has 0 fully saturated rings. The second-order valence-corrected chi connectivity index (χ2v) is 6.15. The molecule has 1 heterocycles. The Kier molecular flexibility index (Phi) is 5.38. The zero-order valence-corrected chi connectivity index (χ0v) is 15.5. The van der Waals surface area contributed by atoms with Crippen LogP contribution in [0.3, 0.4) is 0 Å². The Morgan fingerprint density at radius 3 is 2.65 bits per heavy atom. The van der Waals surface area contributed by atoms with E-state index in [2.05, 4.69) is 10.1 Å². The van der Waals surface area contributed by atoms with Crippen LogP contribution >= 0.6 is 11.3 Å². The summed E-state index contributed by atoms with van der Waals surface area (Å²) < 4.78 is 12.4. The Labute approximate surface area is 155 Å². The fraction of sp³-hybridized carbons (Fsp3) is 0.158. The van der Waals surface area contributed by atoms with Crippen molar-refractivity contribution in [1.29, 1.82) is 0 Å². The Hall–Kier alpha value is -3.06. The summed E-state index contributed by atoms with van der Waals surface area (Å²) in [6.07, 6.45) is 1.58. The smallest absolute Gasteiger partial charge is 0.205 e. The number of phenolic OH excluding ortho intramolecular Hbond substituents is 1. The third-order valence-corrected chi connectivity index (χ3v) is 4.71. The van der Waals surface area contributed by atoms with Gasteiger partial charge < -0.3 is 14.6 Å². The van der Waals surface area contributed by atoms with E-state index in [-0.39, 0.29) is 5.75 Å². The van der Waals surface area contributed by atoms with Crippen molar-refractivity contribution < 1.29 is 14.6 Å². The third kappa shape index (κ3) is 3.48. The van der Waals surface area contributed by atoms with Crippen molar-refractivity contribution in [3.63, 3.8) is 0 Å². The average Bonchev–Trinajstić information content (AvgIpc) is 3.10. The second-order valence-electron chi connectivity index (χ2n) is 5.31. The first-order valence-electron chi connectivity index (χ1n) is 7.86. The molecule has 0 saturated heterocycles. The highest BCUT2D eigenvalue weighted by atomic mass is 32.1. The lowest BCUT2D eigenvalue weighted by atomic mass is 10.1. The number of phenols is 1. The molecule has 1 N–H and O–H groups in total. The maximum absolute atomic E-state index is 10.1. The molecule has 0 aliphatic heterocycles. The Morgan fingerprint density at radius 2 is 1.92 bits per heavy atom. The number of thiazole rings is 1. The molecule has 1 aromatic heterocycles. The van der Waals surface area contributed by atoms with Crippen molar-refractivity contribution in [2.24, 2.45) is 10.1 Å². The first kappa shape index (κ1) is 17.8. The van der Waals surface area contributed by atoms with Crippen LogP contribution in [-0.2, 0) is 0 Å². The van der Waals surface area contributed by atoms with Gasteiger partial charge in [-0.3, -0.25) is 4.99 Å². The van der Waals surface area contributed by atoms with Crippen LogP contribution in [0.1, 0.15) is 5.56 Å². The van der Waals surface area contributed by atoms with E-state index in [9.17, 15) is 5.11 Å². The van der Waals surface area contributed by atoms with E-state index >= 15 is 0 Å². The Morgan fingerprint density at radius 1 is 1.12 bits per heavy atom. The first-order valence-corrected chi connectivity index (χ1v) is 8.74. The van der Waals surface area contributed by atoms with E-state index in [1.807, 2.05) is 29.6 Å². The number of hydrogen-bond acceptors (Lipinski definition) is 6. The summed E-state index contributed by atoms with van der Waals surface area (Å²) >= 11 is 1.48. The molecule has 0 saturated carbocycles. The number of benzene rings is 2. The van der Waals surface area contributed by atoms with Crippen molar-refractivity contribution in [1.82, 2.24) is 4.68 Å². The van der Waals surface area contributed by atoms with Gasteiger partial charge in [-0.15, -0.1) is 11.3 Å². The van der Waals surface area contributed by atoms with Crippen molar-refractivity contribution in [3.8, 4) is 28.5 Å². The number of nitrogens with zero attached hydrogens (tertiary/aromatic N) is 3. The molecule has 3 rings (SSSR count). The van der Waals surface area contributed by atoms with Gasteiger partial charge >= 0.3 is 0 Å². The normalized spacial score (nSPS) is 11.9. The van der Waals surface area contributed by atoms with Crippen LogP contribution in [0.5, 0.6) is 17.2 Å². The average molecular weight is 369 g/mol. The molecule has 0 unspecified atom stereocenters. The minimum absolute atomic E-state index is 0.124. The van der Waals surface area contributed by atoms with Crippen molar-refractivity contribution in [2.45, 2.75) is 0 Å². The van der Waals surface area contributed by atoms with E-state index in [1.165, 1.54) is 11.3 Å². The van der Waals surface area contributed by atoms with Crippen LogP contribution < -0.4 is 14.3 Å². The van der Waals surface area contributed by atoms with E-state index in [0.29, 0.717) is 11.3 Å². The number of methoxy groups -OCH3 is 2. The number of aromatic hydroxyl groups is 1.